The molecule has 0 spiro atoms. The Labute approximate surface area is 104 Å². The molecule has 0 saturated heterocycles. The van der Waals surface area contributed by atoms with Crippen LogP contribution in [0, 0.1) is 13.8 Å². The standard InChI is InChI=1S/C14H23NO2/c1-11-6-4-7-12(2)13(11)17-9-5-8-14(3,15)10-16/h4,6-7,16H,5,8-10,15H2,1-3H3. The summed E-state index contributed by atoms with van der Waals surface area (Å²) >= 11 is 0. The minimum atomic E-state index is -0.496. The molecule has 1 aromatic rings. The summed E-state index contributed by atoms with van der Waals surface area (Å²) in [6, 6.07) is 6.12. The molecule has 0 bridgehead atoms. The number of hydrogen-bond donors (Lipinski definition) is 2. The number of aliphatic hydroxyl groups excluding tert-OH is 1. The summed E-state index contributed by atoms with van der Waals surface area (Å²) in [5.41, 5.74) is 7.66. The van der Waals surface area contributed by atoms with Crippen molar-refractivity contribution in [3.05, 3.63) is 29.3 Å². The first-order valence-corrected chi connectivity index (χ1v) is 6.05. The average Bonchev–Trinajstić information content (AvgIpc) is 2.27. The Hall–Kier alpha value is -1.06. The fourth-order valence-electron chi connectivity index (χ4n) is 1.76. The smallest absolute Gasteiger partial charge is 0.125 e. The Bertz CT molecular complexity index is 341. The molecule has 1 atom stereocenters. The minimum Gasteiger partial charge on any atom is -0.493 e. The number of hydrogen-bond acceptors (Lipinski definition) is 3. The normalized spacial score (nSPS) is 14.4. The second kappa shape index (κ2) is 6.03. The van der Waals surface area contributed by atoms with E-state index in [9.17, 15) is 0 Å². The van der Waals surface area contributed by atoms with Gasteiger partial charge in [-0.25, -0.2) is 0 Å². The van der Waals surface area contributed by atoms with Crippen LogP contribution in [-0.2, 0) is 0 Å². The molecule has 0 heterocycles. The van der Waals surface area contributed by atoms with Crippen LogP contribution in [-0.4, -0.2) is 23.9 Å². The van der Waals surface area contributed by atoms with Crippen LogP contribution in [0.15, 0.2) is 18.2 Å². The molecule has 0 radical (unpaired) electrons. The fraction of sp³-hybridized carbons (Fsp3) is 0.571. The number of nitrogens with two attached hydrogens (primary N) is 1. The monoisotopic (exact) mass is 237 g/mol. The topological polar surface area (TPSA) is 55.5 Å². The van der Waals surface area contributed by atoms with E-state index in [2.05, 4.69) is 0 Å². The van der Waals surface area contributed by atoms with Gasteiger partial charge in [-0.2, -0.15) is 0 Å². The highest BCUT2D eigenvalue weighted by Gasteiger charge is 2.16. The predicted octanol–water partition coefficient (Wildman–Crippen LogP) is 2.17. The highest BCUT2D eigenvalue weighted by molar-refractivity contribution is 5.39. The van der Waals surface area contributed by atoms with Crippen molar-refractivity contribution in [1.82, 2.24) is 0 Å². The van der Waals surface area contributed by atoms with Gasteiger partial charge >= 0.3 is 0 Å². The summed E-state index contributed by atoms with van der Waals surface area (Å²) < 4.78 is 5.77. The van der Waals surface area contributed by atoms with Crippen LogP contribution in [0.3, 0.4) is 0 Å². The number of aryl methyl sites for hydroxylation is 2. The van der Waals surface area contributed by atoms with E-state index in [1.165, 1.54) is 0 Å². The Morgan fingerprint density at radius 1 is 1.29 bits per heavy atom. The highest BCUT2D eigenvalue weighted by atomic mass is 16.5. The van der Waals surface area contributed by atoms with Crippen LogP contribution >= 0.6 is 0 Å². The summed E-state index contributed by atoms with van der Waals surface area (Å²) in [4.78, 5) is 0. The molecule has 17 heavy (non-hydrogen) atoms. The second-order valence-corrected chi connectivity index (χ2v) is 4.99. The lowest BCUT2D eigenvalue weighted by atomic mass is 9.99. The zero-order valence-electron chi connectivity index (χ0n) is 11.0. The van der Waals surface area contributed by atoms with Crippen molar-refractivity contribution in [2.75, 3.05) is 13.2 Å². The third kappa shape index (κ3) is 4.36. The van der Waals surface area contributed by atoms with E-state index in [0.29, 0.717) is 6.61 Å². The summed E-state index contributed by atoms with van der Waals surface area (Å²) in [6.45, 7) is 6.59. The third-order valence-electron chi connectivity index (χ3n) is 2.91. The van der Waals surface area contributed by atoms with Gasteiger partial charge in [0, 0.05) is 5.54 Å². The lowest BCUT2D eigenvalue weighted by Crippen LogP contribution is -2.40. The van der Waals surface area contributed by atoms with Gasteiger partial charge < -0.3 is 15.6 Å². The van der Waals surface area contributed by atoms with Crippen LogP contribution < -0.4 is 10.5 Å². The van der Waals surface area contributed by atoms with Crippen LogP contribution in [0.2, 0.25) is 0 Å². The first kappa shape index (κ1) is 14.0. The average molecular weight is 237 g/mol. The van der Waals surface area contributed by atoms with E-state index in [4.69, 9.17) is 15.6 Å². The molecule has 0 aliphatic heterocycles. The van der Waals surface area contributed by atoms with Crippen LogP contribution in [0.1, 0.15) is 30.9 Å². The molecule has 96 valence electrons. The molecular weight excluding hydrogens is 214 g/mol. The SMILES string of the molecule is Cc1cccc(C)c1OCCCC(C)(N)CO. The van der Waals surface area contributed by atoms with Crippen LogP contribution in [0.25, 0.3) is 0 Å². The maximum Gasteiger partial charge on any atom is 0.125 e. The van der Waals surface area contributed by atoms with E-state index in [1.807, 2.05) is 39.0 Å². The largest absolute Gasteiger partial charge is 0.493 e. The van der Waals surface area contributed by atoms with Crippen molar-refractivity contribution < 1.29 is 9.84 Å². The van der Waals surface area contributed by atoms with Crippen molar-refractivity contribution in [3.8, 4) is 5.75 Å². The molecule has 0 aliphatic carbocycles. The van der Waals surface area contributed by atoms with Crippen molar-refractivity contribution in [2.45, 2.75) is 39.2 Å². The molecule has 3 nitrogen and oxygen atoms in total. The maximum atomic E-state index is 9.03. The number of aliphatic hydroxyl groups is 1. The fourth-order valence-corrected chi connectivity index (χ4v) is 1.76. The number of rotatable bonds is 6. The summed E-state index contributed by atoms with van der Waals surface area (Å²) in [7, 11) is 0. The number of para-hydroxylation sites is 1. The van der Waals surface area contributed by atoms with Gasteiger partial charge in [-0.3, -0.25) is 0 Å². The molecule has 0 fully saturated rings. The van der Waals surface area contributed by atoms with E-state index in [-0.39, 0.29) is 6.61 Å². The zero-order valence-corrected chi connectivity index (χ0v) is 11.0. The molecule has 0 aromatic heterocycles. The van der Waals surface area contributed by atoms with Crippen molar-refractivity contribution in [2.24, 2.45) is 5.73 Å². The van der Waals surface area contributed by atoms with Crippen molar-refractivity contribution in [3.63, 3.8) is 0 Å². The maximum absolute atomic E-state index is 9.03. The van der Waals surface area contributed by atoms with E-state index in [0.717, 1.165) is 29.7 Å². The van der Waals surface area contributed by atoms with Crippen LogP contribution in [0.5, 0.6) is 5.75 Å². The van der Waals surface area contributed by atoms with Gasteiger partial charge in [-0.15, -0.1) is 0 Å². The second-order valence-electron chi connectivity index (χ2n) is 4.99. The highest BCUT2D eigenvalue weighted by Crippen LogP contribution is 2.22. The van der Waals surface area contributed by atoms with E-state index < -0.39 is 5.54 Å². The molecule has 1 unspecified atom stereocenters. The molecule has 1 aromatic carbocycles. The van der Waals surface area contributed by atoms with Gasteiger partial charge in [-0.05, 0) is 44.7 Å². The first-order chi connectivity index (χ1) is 7.96. The van der Waals surface area contributed by atoms with Gasteiger partial charge in [0.15, 0.2) is 0 Å². The molecule has 0 amide bonds. The Morgan fingerprint density at radius 2 is 1.88 bits per heavy atom. The molecule has 3 N–H and O–H groups in total. The molecular formula is C14H23NO2. The molecule has 3 heteroatoms. The predicted molar refractivity (Wildman–Crippen MR) is 70.3 cm³/mol. The summed E-state index contributed by atoms with van der Waals surface area (Å²) in [6.07, 6.45) is 1.61. The minimum absolute atomic E-state index is 0.0103. The van der Waals surface area contributed by atoms with E-state index in [1.54, 1.807) is 0 Å². The summed E-state index contributed by atoms with van der Waals surface area (Å²) in [5, 5.41) is 9.03. The summed E-state index contributed by atoms with van der Waals surface area (Å²) in [5.74, 6) is 0.968. The third-order valence-corrected chi connectivity index (χ3v) is 2.91. The van der Waals surface area contributed by atoms with Gasteiger partial charge in [0.25, 0.3) is 0 Å². The Morgan fingerprint density at radius 3 is 2.41 bits per heavy atom. The van der Waals surface area contributed by atoms with E-state index >= 15 is 0 Å². The lowest BCUT2D eigenvalue weighted by molar-refractivity contribution is 0.188. The number of benzene rings is 1. The van der Waals surface area contributed by atoms with Gasteiger partial charge in [0.2, 0.25) is 0 Å². The van der Waals surface area contributed by atoms with Gasteiger partial charge in [-0.1, -0.05) is 18.2 Å². The van der Waals surface area contributed by atoms with Gasteiger partial charge in [0.1, 0.15) is 5.75 Å². The van der Waals surface area contributed by atoms with Crippen LogP contribution in [0.4, 0.5) is 0 Å². The quantitative estimate of drug-likeness (QED) is 0.746. The zero-order chi connectivity index (χ0) is 12.9. The lowest BCUT2D eigenvalue weighted by Gasteiger charge is -2.21. The first-order valence-electron chi connectivity index (χ1n) is 6.05. The molecule has 0 aliphatic rings. The van der Waals surface area contributed by atoms with Crippen molar-refractivity contribution in [1.29, 1.82) is 0 Å². The Balaban J connectivity index is 2.42. The molecule has 0 saturated carbocycles. The molecule has 1 rings (SSSR count). The van der Waals surface area contributed by atoms with Gasteiger partial charge in [0.05, 0.1) is 13.2 Å². The van der Waals surface area contributed by atoms with Crippen molar-refractivity contribution >= 4 is 0 Å². The number of ether oxygens (including phenoxy) is 1. The Kier molecular flexibility index (Phi) is 4.97.